The minimum atomic E-state index is -0.642. The molecule has 0 radical (unpaired) electrons. The molecule has 3 aromatic rings. The van der Waals surface area contributed by atoms with E-state index < -0.39 is 5.41 Å². The lowest BCUT2D eigenvalue weighted by atomic mass is 9.68. The molecule has 2 heterocycles. The smallest absolute Gasteiger partial charge is 0.251 e. The van der Waals surface area contributed by atoms with Gasteiger partial charge in [0.25, 0.3) is 5.91 Å². The number of amides is 2. The highest BCUT2D eigenvalue weighted by molar-refractivity contribution is 6.01. The molecule has 2 aromatic carbocycles. The van der Waals surface area contributed by atoms with Crippen LogP contribution in [0.1, 0.15) is 53.7 Å². The summed E-state index contributed by atoms with van der Waals surface area (Å²) in [6.45, 7) is 0.538. The van der Waals surface area contributed by atoms with Crippen molar-refractivity contribution in [3.8, 4) is 11.5 Å². The Hall–Kier alpha value is -3.87. The van der Waals surface area contributed by atoms with Gasteiger partial charge in [0.2, 0.25) is 12.7 Å². The van der Waals surface area contributed by atoms with Gasteiger partial charge in [-0.3, -0.25) is 14.6 Å². The SMILES string of the molecule is O=C(NCc1ccccn1)c1cccc(NC(=O)C2(c3ccc4c(c3)OCO4)CCCCC2)c1. The van der Waals surface area contributed by atoms with Crippen molar-refractivity contribution in [3.05, 3.63) is 83.7 Å². The molecule has 34 heavy (non-hydrogen) atoms. The molecule has 2 amide bonds. The lowest BCUT2D eigenvalue weighted by Gasteiger charge is -2.36. The summed E-state index contributed by atoms with van der Waals surface area (Å²) in [5.74, 6) is 1.11. The number of hydrogen-bond acceptors (Lipinski definition) is 5. The molecule has 5 rings (SSSR count). The summed E-state index contributed by atoms with van der Waals surface area (Å²) in [7, 11) is 0. The summed E-state index contributed by atoms with van der Waals surface area (Å²) in [6.07, 6.45) is 6.31. The number of nitrogens with zero attached hydrogens (tertiary/aromatic N) is 1. The second-order valence-corrected chi connectivity index (χ2v) is 8.75. The number of rotatable bonds is 6. The summed E-state index contributed by atoms with van der Waals surface area (Å²) in [6, 6.07) is 18.4. The molecule has 0 saturated heterocycles. The highest BCUT2D eigenvalue weighted by Crippen LogP contribution is 2.44. The molecule has 174 valence electrons. The van der Waals surface area contributed by atoms with Crippen LogP contribution in [0.25, 0.3) is 0 Å². The molecule has 2 N–H and O–H groups in total. The van der Waals surface area contributed by atoms with E-state index in [0.717, 1.165) is 43.4 Å². The van der Waals surface area contributed by atoms with E-state index in [-0.39, 0.29) is 18.6 Å². The van der Waals surface area contributed by atoms with Crippen molar-refractivity contribution in [1.82, 2.24) is 10.3 Å². The first-order valence-electron chi connectivity index (χ1n) is 11.6. The second-order valence-electron chi connectivity index (χ2n) is 8.75. The van der Waals surface area contributed by atoms with Crippen LogP contribution < -0.4 is 20.1 Å². The number of ether oxygens (including phenoxy) is 2. The van der Waals surface area contributed by atoms with Gasteiger partial charge >= 0.3 is 0 Å². The van der Waals surface area contributed by atoms with Crippen LogP contribution in [-0.4, -0.2) is 23.6 Å². The Balaban J connectivity index is 1.33. The number of anilines is 1. The lowest BCUT2D eigenvalue weighted by molar-refractivity contribution is -0.122. The Morgan fingerprint density at radius 3 is 2.59 bits per heavy atom. The van der Waals surface area contributed by atoms with Crippen LogP contribution in [0.15, 0.2) is 66.9 Å². The van der Waals surface area contributed by atoms with Crippen LogP contribution >= 0.6 is 0 Å². The standard InChI is InChI=1S/C27H27N3O4/c31-25(29-17-22-8-2-5-14-28-22)19-7-6-9-21(15-19)30-26(32)27(12-3-1-4-13-27)20-10-11-23-24(16-20)34-18-33-23/h2,5-11,14-16H,1,3-4,12-13,17-18H2,(H,29,31)(H,30,32). The minimum absolute atomic E-state index is 0.0582. The summed E-state index contributed by atoms with van der Waals surface area (Å²) < 4.78 is 11.0. The number of carbonyl (C=O) groups excluding carboxylic acids is 2. The number of benzene rings is 2. The fourth-order valence-corrected chi connectivity index (χ4v) is 4.76. The molecule has 1 aliphatic heterocycles. The van der Waals surface area contributed by atoms with E-state index in [9.17, 15) is 9.59 Å². The maximum atomic E-state index is 13.7. The van der Waals surface area contributed by atoms with Gasteiger partial charge in [-0.1, -0.05) is 37.5 Å². The van der Waals surface area contributed by atoms with Gasteiger partial charge in [-0.15, -0.1) is 0 Å². The molecule has 1 fully saturated rings. The van der Waals surface area contributed by atoms with Gasteiger partial charge in [0.05, 0.1) is 17.7 Å². The van der Waals surface area contributed by atoms with Crippen LogP contribution in [0.3, 0.4) is 0 Å². The summed E-state index contributed by atoms with van der Waals surface area (Å²) in [4.78, 5) is 30.6. The lowest BCUT2D eigenvalue weighted by Crippen LogP contribution is -2.42. The van der Waals surface area contributed by atoms with Crippen LogP contribution in [0.5, 0.6) is 11.5 Å². The molecule has 0 unspecified atom stereocenters. The highest BCUT2D eigenvalue weighted by atomic mass is 16.7. The quantitative estimate of drug-likeness (QED) is 0.566. The number of carbonyl (C=O) groups is 2. The van der Waals surface area contributed by atoms with Crippen LogP contribution in [0, 0.1) is 0 Å². The van der Waals surface area contributed by atoms with Gasteiger partial charge in [0.15, 0.2) is 11.5 Å². The third-order valence-electron chi connectivity index (χ3n) is 6.61. The zero-order valence-electron chi connectivity index (χ0n) is 18.9. The second kappa shape index (κ2) is 9.55. The van der Waals surface area contributed by atoms with E-state index in [2.05, 4.69) is 15.6 Å². The number of pyridine rings is 1. The molecule has 2 aliphatic rings. The predicted octanol–water partition coefficient (Wildman–Crippen LogP) is 4.58. The minimum Gasteiger partial charge on any atom is -0.454 e. The van der Waals surface area contributed by atoms with Gasteiger partial charge in [0.1, 0.15) is 0 Å². The summed E-state index contributed by atoms with van der Waals surface area (Å²) >= 11 is 0. The molecule has 7 heteroatoms. The van der Waals surface area contributed by atoms with Gasteiger partial charge in [-0.25, -0.2) is 0 Å². The summed E-state index contributed by atoms with van der Waals surface area (Å²) in [5.41, 5.74) is 2.16. The van der Waals surface area contributed by atoms with E-state index in [1.54, 1.807) is 24.4 Å². The van der Waals surface area contributed by atoms with Crippen molar-refractivity contribution >= 4 is 17.5 Å². The van der Waals surface area contributed by atoms with E-state index >= 15 is 0 Å². The fraction of sp³-hybridized carbons (Fsp3) is 0.296. The fourth-order valence-electron chi connectivity index (χ4n) is 4.76. The molecule has 0 spiro atoms. The van der Waals surface area contributed by atoms with Gasteiger partial charge < -0.3 is 20.1 Å². The number of hydrogen-bond donors (Lipinski definition) is 2. The van der Waals surface area contributed by atoms with E-state index in [1.807, 2.05) is 42.5 Å². The van der Waals surface area contributed by atoms with Crippen LogP contribution in [0.2, 0.25) is 0 Å². The van der Waals surface area contributed by atoms with Crippen molar-refractivity contribution in [2.75, 3.05) is 12.1 Å². The molecule has 7 nitrogen and oxygen atoms in total. The van der Waals surface area contributed by atoms with Crippen molar-refractivity contribution in [2.24, 2.45) is 0 Å². The van der Waals surface area contributed by atoms with Crippen molar-refractivity contribution in [3.63, 3.8) is 0 Å². The number of nitrogens with one attached hydrogen (secondary N) is 2. The zero-order valence-corrected chi connectivity index (χ0v) is 18.9. The predicted molar refractivity (Wildman–Crippen MR) is 128 cm³/mol. The number of fused-ring (bicyclic) bond motifs is 1. The van der Waals surface area contributed by atoms with Crippen molar-refractivity contribution in [2.45, 2.75) is 44.1 Å². The van der Waals surface area contributed by atoms with Crippen molar-refractivity contribution < 1.29 is 19.1 Å². The molecular weight excluding hydrogens is 430 g/mol. The Morgan fingerprint density at radius 2 is 1.76 bits per heavy atom. The number of aromatic nitrogens is 1. The molecule has 1 aliphatic carbocycles. The van der Waals surface area contributed by atoms with E-state index in [4.69, 9.17) is 9.47 Å². The van der Waals surface area contributed by atoms with E-state index in [1.165, 1.54) is 0 Å². The maximum absolute atomic E-state index is 13.7. The average Bonchev–Trinajstić information content (AvgIpc) is 3.36. The third kappa shape index (κ3) is 4.46. The third-order valence-corrected chi connectivity index (χ3v) is 6.61. The Kier molecular flexibility index (Phi) is 6.16. The first-order chi connectivity index (χ1) is 16.6. The largest absolute Gasteiger partial charge is 0.454 e. The average molecular weight is 458 g/mol. The zero-order chi connectivity index (χ0) is 23.4. The topological polar surface area (TPSA) is 89.6 Å². The van der Waals surface area contributed by atoms with Crippen LogP contribution in [0.4, 0.5) is 5.69 Å². The van der Waals surface area contributed by atoms with Gasteiger partial charge in [0, 0.05) is 17.4 Å². The molecule has 0 bridgehead atoms. The summed E-state index contributed by atoms with van der Waals surface area (Å²) in [5, 5.41) is 5.96. The first-order valence-corrected chi connectivity index (χ1v) is 11.6. The molecule has 1 aromatic heterocycles. The first kappa shape index (κ1) is 21.9. The van der Waals surface area contributed by atoms with E-state index in [0.29, 0.717) is 29.3 Å². The Bertz CT molecular complexity index is 1190. The van der Waals surface area contributed by atoms with Gasteiger partial charge in [-0.2, -0.15) is 0 Å². The molecular formula is C27H27N3O4. The van der Waals surface area contributed by atoms with Gasteiger partial charge in [-0.05, 0) is 60.9 Å². The normalized spacial score (nSPS) is 16.0. The highest BCUT2D eigenvalue weighted by Gasteiger charge is 2.42. The molecule has 1 saturated carbocycles. The molecule has 0 atom stereocenters. The monoisotopic (exact) mass is 457 g/mol. The Morgan fingerprint density at radius 1 is 0.912 bits per heavy atom. The van der Waals surface area contributed by atoms with Crippen molar-refractivity contribution in [1.29, 1.82) is 0 Å². The maximum Gasteiger partial charge on any atom is 0.251 e. The van der Waals surface area contributed by atoms with Crippen LogP contribution in [-0.2, 0) is 16.8 Å². The Labute approximate surface area is 198 Å².